The van der Waals surface area contributed by atoms with Gasteiger partial charge in [-0.1, -0.05) is 35.4 Å². The maximum absolute atomic E-state index is 12.0. The SMILES string of the molecule is CCC1=NO[C@H](C(=O)NCc2noc(-c3ccccc3)n2)C1. The topological polar surface area (TPSA) is 89.6 Å². The molecule has 1 aromatic heterocycles. The molecule has 1 aliphatic heterocycles. The van der Waals surface area contributed by atoms with Crippen LogP contribution in [0.25, 0.3) is 11.5 Å². The molecule has 0 radical (unpaired) electrons. The van der Waals surface area contributed by atoms with Crippen LogP contribution in [0.5, 0.6) is 0 Å². The van der Waals surface area contributed by atoms with E-state index in [0.717, 1.165) is 17.7 Å². The average molecular weight is 300 g/mol. The van der Waals surface area contributed by atoms with Crippen molar-refractivity contribution < 1.29 is 14.2 Å². The summed E-state index contributed by atoms with van der Waals surface area (Å²) in [7, 11) is 0. The van der Waals surface area contributed by atoms with Gasteiger partial charge in [0.15, 0.2) is 5.82 Å². The Hall–Kier alpha value is -2.70. The van der Waals surface area contributed by atoms with E-state index in [1.165, 1.54) is 0 Å². The molecule has 0 fully saturated rings. The second-order valence-electron chi connectivity index (χ2n) is 4.91. The minimum absolute atomic E-state index is 0.191. The number of nitrogens with zero attached hydrogens (tertiary/aromatic N) is 3. The smallest absolute Gasteiger partial charge is 0.264 e. The number of rotatable bonds is 5. The summed E-state index contributed by atoms with van der Waals surface area (Å²) >= 11 is 0. The van der Waals surface area contributed by atoms with Gasteiger partial charge < -0.3 is 14.7 Å². The van der Waals surface area contributed by atoms with Crippen LogP contribution in [0.4, 0.5) is 0 Å². The van der Waals surface area contributed by atoms with Crippen molar-refractivity contribution in [2.24, 2.45) is 5.16 Å². The van der Waals surface area contributed by atoms with Gasteiger partial charge in [0.05, 0.1) is 12.3 Å². The molecule has 1 aliphatic rings. The summed E-state index contributed by atoms with van der Waals surface area (Å²) in [6.45, 7) is 2.17. The summed E-state index contributed by atoms with van der Waals surface area (Å²) < 4.78 is 5.18. The van der Waals surface area contributed by atoms with Crippen LogP contribution in [-0.2, 0) is 16.2 Å². The highest BCUT2D eigenvalue weighted by Crippen LogP contribution is 2.16. The maximum atomic E-state index is 12.0. The summed E-state index contributed by atoms with van der Waals surface area (Å²) in [5.41, 5.74) is 1.73. The van der Waals surface area contributed by atoms with Gasteiger partial charge in [-0.25, -0.2) is 0 Å². The molecule has 2 heterocycles. The molecule has 1 N–H and O–H groups in total. The standard InChI is InChI=1S/C15H16N4O3/c1-2-11-8-12(21-18-11)14(20)16-9-13-17-15(22-19-13)10-6-4-3-5-7-10/h3-7,12H,2,8-9H2,1H3,(H,16,20)/t12-/m0/s1. The van der Waals surface area contributed by atoms with Crippen molar-refractivity contribution in [2.45, 2.75) is 32.4 Å². The van der Waals surface area contributed by atoms with E-state index in [1.807, 2.05) is 37.3 Å². The van der Waals surface area contributed by atoms with Gasteiger partial charge in [0, 0.05) is 12.0 Å². The van der Waals surface area contributed by atoms with Gasteiger partial charge in [0.2, 0.25) is 6.10 Å². The number of carbonyl (C=O) groups is 1. The summed E-state index contributed by atoms with van der Waals surface area (Å²) in [4.78, 5) is 21.3. The van der Waals surface area contributed by atoms with E-state index >= 15 is 0 Å². The molecule has 7 nitrogen and oxygen atoms in total. The van der Waals surface area contributed by atoms with E-state index in [2.05, 4.69) is 20.6 Å². The van der Waals surface area contributed by atoms with Crippen molar-refractivity contribution in [2.75, 3.05) is 0 Å². The van der Waals surface area contributed by atoms with Gasteiger partial charge in [-0.2, -0.15) is 4.98 Å². The fourth-order valence-electron chi connectivity index (χ4n) is 2.08. The van der Waals surface area contributed by atoms with E-state index in [4.69, 9.17) is 9.36 Å². The van der Waals surface area contributed by atoms with Crippen LogP contribution in [0.15, 0.2) is 40.0 Å². The van der Waals surface area contributed by atoms with Crippen LogP contribution >= 0.6 is 0 Å². The molecule has 7 heteroatoms. The summed E-state index contributed by atoms with van der Waals surface area (Å²) in [6.07, 6.45) is 0.759. The minimum atomic E-state index is -0.560. The highest BCUT2D eigenvalue weighted by atomic mass is 16.6. The molecular weight excluding hydrogens is 284 g/mol. The van der Waals surface area contributed by atoms with E-state index < -0.39 is 6.10 Å². The quantitative estimate of drug-likeness (QED) is 0.911. The lowest BCUT2D eigenvalue weighted by molar-refractivity contribution is -0.131. The van der Waals surface area contributed by atoms with Crippen molar-refractivity contribution in [3.8, 4) is 11.5 Å². The number of hydrogen-bond donors (Lipinski definition) is 1. The molecule has 1 amide bonds. The molecular formula is C15H16N4O3. The van der Waals surface area contributed by atoms with Gasteiger partial charge in [-0.05, 0) is 18.6 Å². The highest BCUT2D eigenvalue weighted by Gasteiger charge is 2.27. The molecule has 0 spiro atoms. The monoisotopic (exact) mass is 300 g/mol. The number of oxime groups is 1. The first kappa shape index (κ1) is 14.2. The Morgan fingerprint density at radius 1 is 1.36 bits per heavy atom. The molecule has 0 aliphatic carbocycles. The van der Waals surface area contributed by atoms with Crippen LogP contribution in [0.1, 0.15) is 25.6 Å². The van der Waals surface area contributed by atoms with Gasteiger partial charge in [-0.3, -0.25) is 4.79 Å². The lowest BCUT2D eigenvalue weighted by atomic mass is 10.1. The normalized spacial score (nSPS) is 17.0. The van der Waals surface area contributed by atoms with Crippen molar-refractivity contribution in [3.05, 3.63) is 36.2 Å². The zero-order valence-corrected chi connectivity index (χ0v) is 12.2. The largest absolute Gasteiger partial charge is 0.382 e. The van der Waals surface area contributed by atoms with Crippen molar-refractivity contribution in [3.63, 3.8) is 0 Å². The highest BCUT2D eigenvalue weighted by molar-refractivity contribution is 5.92. The number of nitrogens with one attached hydrogen (secondary N) is 1. The first-order valence-electron chi connectivity index (χ1n) is 7.13. The lowest BCUT2D eigenvalue weighted by Gasteiger charge is -2.07. The average Bonchev–Trinajstić information content (AvgIpc) is 3.22. The fourth-order valence-corrected chi connectivity index (χ4v) is 2.08. The molecule has 0 saturated heterocycles. The third-order valence-corrected chi connectivity index (χ3v) is 3.34. The van der Waals surface area contributed by atoms with Crippen LogP contribution in [0, 0.1) is 0 Å². The van der Waals surface area contributed by atoms with E-state index in [0.29, 0.717) is 18.1 Å². The van der Waals surface area contributed by atoms with E-state index in [9.17, 15) is 4.79 Å². The number of amides is 1. The summed E-state index contributed by atoms with van der Waals surface area (Å²) in [5.74, 6) is 0.624. The second-order valence-corrected chi connectivity index (χ2v) is 4.91. The third-order valence-electron chi connectivity index (χ3n) is 3.34. The molecule has 22 heavy (non-hydrogen) atoms. The molecule has 1 atom stereocenters. The van der Waals surface area contributed by atoms with Gasteiger partial charge in [0.1, 0.15) is 0 Å². The Balaban J connectivity index is 1.54. The number of carbonyl (C=O) groups excluding carboxylic acids is 1. The van der Waals surface area contributed by atoms with E-state index in [-0.39, 0.29) is 12.5 Å². The van der Waals surface area contributed by atoms with Crippen LogP contribution in [0.3, 0.4) is 0 Å². The number of benzene rings is 1. The molecule has 1 aromatic carbocycles. The summed E-state index contributed by atoms with van der Waals surface area (Å²) in [5, 5.41) is 10.4. The predicted octanol–water partition coefficient (Wildman–Crippen LogP) is 1.91. The fraction of sp³-hybridized carbons (Fsp3) is 0.333. The Morgan fingerprint density at radius 2 is 2.18 bits per heavy atom. The Labute approximate surface area is 127 Å². The molecule has 3 rings (SSSR count). The predicted molar refractivity (Wildman–Crippen MR) is 78.8 cm³/mol. The number of hydrogen-bond acceptors (Lipinski definition) is 6. The zero-order valence-electron chi connectivity index (χ0n) is 12.2. The first-order chi connectivity index (χ1) is 10.8. The molecule has 2 aromatic rings. The van der Waals surface area contributed by atoms with Crippen molar-refractivity contribution >= 4 is 11.6 Å². The van der Waals surface area contributed by atoms with Gasteiger partial charge in [0.25, 0.3) is 11.8 Å². The minimum Gasteiger partial charge on any atom is -0.382 e. The second kappa shape index (κ2) is 6.38. The van der Waals surface area contributed by atoms with Crippen LogP contribution < -0.4 is 5.32 Å². The van der Waals surface area contributed by atoms with Crippen molar-refractivity contribution in [1.82, 2.24) is 15.5 Å². The molecule has 0 saturated carbocycles. The van der Waals surface area contributed by atoms with Gasteiger partial charge in [-0.15, -0.1) is 0 Å². The maximum Gasteiger partial charge on any atom is 0.264 e. The van der Waals surface area contributed by atoms with Crippen molar-refractivity contribution in [1.29, 1.82) is 0 Å². The Morgan fingerprint density at radius 3 is 2.91 bits per heavy atom. The van der Waals surface area contributed by atoms with E-state index in [1.54, 1.807) is 0 Å². The summed E-state index contributed by atoms with van der Waals surface area (Å²) in [6, 6.07) is 9.46. The molecule has 114 valence electrons. The lowest BCUT2D eigenvalue weighted by Crippen LogP contribution is -2.34. The van der Waals surface area contributed by atoms with Gasteiger partial charge >= 0.3 is 0 Å². The third kappa shape index (κ3) is 3.13. The first-order valence-corrected chi connectivity index (χ1v) is 7.13. The molecule has 0 unspecified atom stereocenters. The number of aromatic nitrogens is 2. The van der Waals surface area contributed by atoms with Crippen LogP contribution in [0.2, 0.25) is 0 Å². The molecule has 0 bridgehead atoms. The Bertz CT molecular complexity index is 681. The Kier molecular flexibility index (Phi) is 4.13. The van der Waals surface area contributed by atoms with Crippen LogP contribution in [-0.4, -0.2) is 27.9 Å². The zero-order chi connectivity index (χ0) is 15.4.